The van der Waals surface area contributed by atoms with E-state index >= 15 is 0 Å². The number of benzene rings is 2. The van der Waals surface area contributed by atoms with Crippen molar-refractivity contribution in [3.05, 3.63) is 70.8 Å². The van der Waals surface area contributed by atoms with Crippen LogP contribution in [-0.4, -0.2) is 53.6 Å². The van der Waals surface area contributed by atoms with E-state index in [0.29, 0.717) is 37.4 Å². The summed E-state index contributed by atoms with van der Waals surface area (Å²) in [5, 5.41) is 17.4. The Balaban J connectivity index is 1.82. The van der Waals surface area contributed by atoms with Crippen LogP contribution >= 0.6 is 0 Å². The van der Waals surface area contributed by atoms with Crippen LogP contribution in [0.3, 0.4) is 0 Å². The number of hydrogen-bond acceptors (Lipinski definition) is 4. The summed E-state index contributed by atoms with van der Waals surface area (Å²) in [7, 11) is 0. The highest BCUT2D eigenvalue weighted by Crippen LogP contribution is 2.34. The van der Waals surface area contributed by atoms with Gasteiger partial charge in [0.25, 0.3) is 0 Å². The SMILES string of the molecule is CC(=O)N[C@@H](Cc1cc(F)cc(F)c1)[C@@H](O)CNC1(c2cccc(C(C)C)c2)CCN(C(C)=O)CC1. The van der Waals surface area contributed by atoms with Gasteiger partial charge >= 0.3 is 0 Å². The van der Waals surface area contributed by atoms with Gasteiger partial charge < -0.3 is 20.6 Å². The summed E-state index contributed by atoms with van der Waals surface area (Å²) >= 11 is 0. The molecule has 2 aromatic rings. The van der Waals surface area contributed by atoms with Gasteiger partial charge in [0, 0.05) is 45.1 Å². The van der Waals surface area contributed by atoms with E-state index in [-0.39, 0.29) is 24.8 Å². The van der Waals surface area contributed by atoms with Gasteiger partial charge in [-0.2, -0.15) is 0 Å². The number of nitrogens with zero attached hydrogens (tertiary/aromatic N) is 1. The minimum Gasteiger partial charge on any atom is -0.390 e. The lowest BCUT2D eigenvalue weighted by Crippen LogP contribution is -2.56. The summed E-state index contributed by atoms with van der Waals surface area (Å²) in [6, 6.07) is 10.8. The van der Waals surface area contributed by atoms with E-state index in [9.17, 15) is 23.5 Å². The first-order valence-corrected chi connectivity index (χ1v) is 12.5. The Morgan fingerprint density at radius 2 is 1.69 bits per heavy atom. The maximum absolute atomic E-state index is 13.7. The minimum atomic E-state index is -1.02. The minimum absolute atomic E-state index is 0.0348. The Bertz CT molecular complexity index is 1050. The van der Waals surface area contributed by atoms with E-state index in [1.54, 1.807) is 6.92 Å². The van der Waals surface area contributed by atoms with Gasteiger partial charge in [-0.1, -0.05) is 38.1 Å². The summed E-state index contributed by atoms with van der Waals surface area (Å²) < 4.78 is 27.4. The molecule has 2 amide bonds. The number of carbonyl (C=O) groups excluding carboxylic acids is 2. The fourth-order valence-corrected chi connectivity index (χ4v) is 4.94. The molecule has 36 heavy (non-hydrogen) atoms. The van der Waals surface area contributed by atoms with Crippen LogP contribution in [0.2, 0.25) is 0 Å². The van der Waals surface area contributed by atoms with Crippen LogP contribution in [0.25, 0.3) is 0 Å². The molecule has 3 rings (SSSR count). The zero-order valence-electron chi connectivity index (χ0n) is 21.5. The number of nitrogens with one attached hydrogen (secondary N) is 2. The third-order valence-corrected chi connectivity index (χ3v) is 7.05. The molecule has 8 heteroatoms. The highest BCUT2D eigenvalue weighted by atomic mass is 19.1. The monoisotopic (exact) mass is 501 g/mol. The van der Waals surface area contributed by atoms with Crippen molar-refractivity contribution in [2.75, 3.05) is 19.6 Å². The average molecular weight is 502 g/mol. The largest absolute Gasteiger partial charge is 0.390 e. The summed E-state index contributed by atoms with van der Waals surface area (Å²) in [5.74, 6) is -1.38. The molecule has 1 aliphatic heterocycles. The van der Waals surface area contributed by atoms with Crippen LogP contribution < -0.4 is 10.6 Å². The molecule has 0 unspecified atom stereocenters. The summed E-state index contributed by atoms with van der Waals surface area (Å²) in [6.45, 7) is 8.49. The van der Waals surface area contributed by atoms with Crippen molar-refractivity contribution in [3.8, 4) is 0 Å². The fraction of sp³-hybridized carbons (Fsp3) is 0.500. The molecule has 0 aromatic heterocycles. The van der Waals surface area contributed by atoms with Crippen molar-refractivity contribution in [1.29, 1.82) is 0 Å². The fourth-order valence-electron chi connectivity index (χ4n) is 4.94. The Morgan fingerprint density at radius 1 is 1.06 bits per heavy atom. The van der Waals surface area contributed by atoms with Gasteiger partial charge in [0.2, 0.25) is 11.8 Å². The molecular formula is C28H37F2N3O3. The highest BCUT2D eigenvalue weighted by Gasteiger charge is 2.38. The number of aliphatic hydroxyl groups excluding tert-OH is 1. The zero-order valence-corrected chi connectivity index (χ0v) is 21.5. The molecule has 0 bridgehead atoms. The molecule has 0 aliphatic carbocycles. The number of carbonyl (C=O) groups is 2. The van der Waals surface area contributed by atoms with Crippen molar-refractivity contribution in [1.82, 2.24) is 15.5 Å². The summed E-state index contributed by atoms with van der Waals surface area (Å²) in [6.07, 6.45) is 0.392. The molecule has 1 heterocycles. The van der Waals surface area contributed by atoms with Crippen LogP contribution in [0.1, 0.15) is 63.1 Å². The first-order chi connectivity index (χ1) is 17.0. The van der Waals surface area contributed by atoms with Gasteiger partial charge in [0.05, 0.1) is 12.1 Å². The molecule has 2 aromatic carbocycles. The van der Waals surface area contributed by atoms with Gasteiger partial charge in [-0.15, -0.1) is 0 Å². The van der Waals surface area contributed by atoms with E-state index in [2.05, 4.69) is 42.7 Å². The summed E-state index contributed by atoms with van der Waals surface area (Å²) in [5.41, 5.74) is 2.17. The number of hydrogen-bond donors (Lipinski definition) is 3. The van der Waals surface area contributed by atoms with E-state index in [1.165, 1.54) is 24.6 Å². The van der Waals surface area contributed by atoms with Gasteiger partial charge in [-0.3, -0.25) is 9.59 Å². The topological polar surface area (TPSA) is 81.7 Å². The van der Waals surface area contributed by atoms with Crippen molar-refractivity contribution < 1.29 is 23.5 Å². The average Bonchev–Trinajstić information content (AvgIpc) is 2.81. The van der Waals surface area contributed by atoms with Crippen LogP contribution in [0.5, 0.6) is 0 Å². The van der Waals surface area contributed by atoms with Crippen molar-refractivity contribution in [2.24, 2.45) is 0 Å². The van der Waals surface area contributed by atoms with E-state index < -0.39 is 29.3 Å². The maximum Gasteiger partial charge on any atom is 0.219 e. The lowest BCUT2D eigenvalue weighted by Gasteiger charge is -2.44. The second kappa shape index (κ2) is 11.9. The number of halogens is 2. The Morgan fingerprint density at radius 3 is 2.25 bits per heavy atom. The lowest BCUT2D eigenvalue weighted by molar-refractivity contribution is -0.130. The van der Waals surface area contributed by atoms with Crippen LogP contribution in [-0.2, 0) is 21.5 Å². The molecule has 6 nitrogen and oxygen atoms in total. The second-order valence-electron chi connectivity index (χ2n) is 10.1. The second-order valence-corrected chi connectivity index (χ2v) is 10.1. The molecular weight excluding hydrogens is 464 g/mol. The highest BCUT2D eigenvalue weighted by molar-refractivity contribution is 5.73. The van der Waals surface area contributed by atoms with Gasteiger partial charge in [-0.05, 0) is 54.0 Å². The van der Waals surface area contributed by atoms with Crippen LogP contribution in [0.15, 0.2) is 42.5 Å². The van der Waals surface area contributed by atoms with Crippen molar-refractivity contribution in [3.63, 3.8) is 0 Å². The van der Waals surface area contributed by atoms with Crippen molar-refractivity contribution in [2.45, 2.75) is 70.6 Å². The molecule has 196 valence electrons. The van der Waals surface area contributed by atoms with E-state index in [1.807, 2.05) is 11.0 Å². The predicted octanol–water partition coefficient (Wildman–Crippen LogP) is 3.62. The number of amides is 2. The van der Waals surface area contributed by atoms with Crippen LogP contribution in [0.4, 0.5) is 8.78 Å². The molecule has 1 saturated heterocycles. The van der Waals surface area contributed by atoms with E-state index in [4.69, 9.17) is 0 Å². The van der Waals surface area contributed by atoms with Gasteiger partial charge in [-0.25, -0.2) is 8.78 Å². The first kappa shape index (κ1) is 27.7. The smallest absolute Gasteiger partial charge is 0.219 e. The predicted molar refractivity (Wildman–Crippen MR) is 135 cm³/mol. The molecule has 0 radical (unpaired) electrons. The van der Waals surface area contributed by atoms with Crippen LogP contribution in [0, 0.1) is 11.6 Å². The molecule has 0 spiro atoms. The molecule has 3 N–H and O–H groups in total. The molecule has 2 atom stereocenters. The normalized spacial score (nSPS) is 17.1. The number of likely N-dealkylation sites (tertiary alicyclic amines) is 1. The number of rotatable bonds is 9. The van der Waals surface area contributed by atoms with Gasteiger partial charge in [0.1, 0.15) is 11.6 Å². The third kappa shape index (κ3) is 7.11. The lowest BCUT2D eigenvalue weighted by atomic mass is 9.79. The molecule has 1 aliphatic rings. The standard InChI is InChI=1S/C28H37F2N3O3/c1-18(2)22-6-5-7-23(15-22)28(8-10-33(11-9-28)20(4)35)31-17-27(36)26(32-19(3)34)14-21-12-24(29)16-25(30)13-21/h5-7,12-13,15-16,18,26-27,31,36H,8-11,14,17H2,1-4H3,(H,32,34)/t26-,27-/m0/s1. The molecule has 0 saturated carbocycles. The quantitative estimate of drug-likeness (QED) is 0.490. The zero-order chi connectivity index (χ0) is 26.5. The van der Waals surface area contributed by atoms with Crippen molar-refractivity contribution >= 4 is 11.8 Å². The van der Waals surface area contributed by atoms with Gasteiger partial charge in [0.15, 0.2) is 0 Å². The maximum atomic E-state index is 13.7. The third-order valence-electron chi connectivity index (χ3n) is 7.05. The number of aliphatic hydroxyl groups is 1. The Kier molecular flexibility index (Phi) is 9.19. The Hall–Kier alpha value is -2.84. The Labute approximate surface area is 212 Å². The number of piperidine rings is 1. The first-order valence-electron chi connectivity index (χ1n) is 12.5. The molecule has 1 fully saturated rings. The summed E-state index contributed by atoms with van der Waals surface area (Å²) in [4.78, 5) is 25.6. The van der Waals surface area contributed by atoms with E-state index in [0.717, 1.165) is 11.6 Å².